The van der Waals surface area contributed by atoms with Crippen LogP contribution in [0.3, 0.4) is 0 Å². The van der Waals surface area contributed by atoms with E-state index < -0.39 is 0 Å². The van der Waals surface area contributed by atoms with Crippen LogP contribution in [0.2, 0.25) is 0 Å². The highest BCUT2D eigenvalue weighted by Gasteiger charge is 2.10. The van der Waals surface area contributed by atoms with Crippen LogP contribution in [0.1, 0.15) is 17.3 Å². The zero-order chi connectivity index (χ0) is 19.6. The average molecular weight is 373 g/mol. The molecule has 0 aliphatic rings. The monoisotopic (exact) mass is 373 g/mol. The van der Waals surface area contributed by atoms with Crippen LogP contribution in [-0.4, -0.2) is 45.7 Å². The highest BCUT2D eigenvalue weighted by Crippen LogP contribution is 2.28. The van der Waals surface area contributed by atoms with E-state index in [1.807, 2.05) is 12.1 Å². The van der Waals surface area contributed by atoms with Crippen LogP contribution in [0.4, 0.5) is 0 Å². The molecule has 0 fully saturated rings. The second-order valence-electron chi connectivity index (χ2n) is 5.56. The first kappa shape index (κ1) is 20.1. The van der Waals surface area contributed by atoms with Crippen molar-refractivity contribution >= 4 is 11.7 Å². The van der Waals surface area contributed by atoms with Crippen LogP contribution < -0.4 is 24.3 Å². The van der Waals surface area contributed by atoms with Crippen molar-refractivity contribution in [3.8, 4) is 23.0 Å². The third-order valence-electron chi connectivity index (χ3n) is 3.68. The molecule has 0 saturated carbocycles. The number of ketones is 1. The number of carbonyl (C=O) groups excluding carboxylic acids is 2. The lowest BCUT2D eigenvalue weighted by Gasteiger charge is -2.12. The highest BCUT2D eigenvalue weighted by atomic mass is 16.5. The Hall–Kier alpha value is -3.22. The standard InChI is InChI=1S/C20H23NO6/c1-14(22)15-8-9-18(19(12-15)25-3)27-13-20(23)21-10-11-26-17-7-5-4-6-16(17)24-2/h4-9,12H,10-11,13H2,1-3H3,(H,21,23). The Morgan fingerprint density at radius 2 is 1.56 bits per heavy atom. The Morgan fingerprint density at radius 1 is 0.889 bits per heavy atom. The summed E-state index contributed by atoms with van der Waals surface area (Å²) < 4.78 is 21.4. The van der Waals surface area contributed by atoms with E-state index in [0.717, 1.165) is 0 Å². The number of methoxy groups -OCH3 is 2. The van der Waals surface area contributed by atoms with E-state index in [0.29, 0.717) is 41.7 Å². The van der Waals surface area contributed by atoms with Crippen LogP contribution >= 0.6 is 0 Å². The van der Waals surface area contributed by atoms with Gasteiger partial charge in [0, 0.05) is 5.56 Å². The molecule has 0 aliphatic heterocycles. The number of Topliss-reactive ketones (excluding diaryl/α,β-unsaturated/α-hetero) is 1. The molecular weight excluding hydrogens is 350 g/mol. The third kappa shape index (κ3) is 5.91. The van der Waals surface area contributed by atoms with Crippen molar-refractivity contribution in [2.24, 2.45) is 0 Å². The van der Waals surface area contributed by atoms with Gasteiger partial charge in [0.25, 0.3) is 5.91 Å². The fraction of sp³-hybridized carbons (Fsp3) is 0.300. The SMILES string of the molecule is COc1ccccc1OCCNC(=O)COc1ccc(C(C)=O)cc1OC. The smallest absolute Gasteiger partial charge is 0.258 e. The van der Waals surface area contributed by atoms with Crippen LogP contribution in [0.25, 0.3) is 0 Å². The first-order chi connectivity index (χ1) is 13.0. The van der Waals surface area contributed by atoms with Crippen molar-refractivity contribution in [3.63, 3.8) is 0 Å². The van der Waals surface area contributed by atoms with Crippen LogP contribution in [0, 0.1) is 0 Å². The van der Waals surface area contributed by atoms with Gasteiger partial charge in [0.15, 0.2) is 35.4 Å². The molecule has 1 N–H and O–H groups in total. The summed E-state index contributed by atoms with van der Waals surface area (Å²) >= 11 is 0. The summed E-state index contributed by atoms with van der Waals surface area (Å²) in [4.78, 5) is 23.3. The Morgan fingerprint density at radius 3 is 2.22 bits per heavy atom. The van der Waals surface area contributed by atoms with Gasteiger partial charge in [-0.25, -0.2) is 0 Å². The van der Waals surface area contributed by atoms with Crippen LogP contribution in [0.15, 0.2) is 42.5 Å². The minimum absolute atomic E-state index is 0.0763. The molecule has 0 saturated heterocycles. The van der Waals surface area contributed by atoms with Crippen LogP contribution in [0.5, 0.6) is 23.0 Å². The molecule has 7 heteroatoms. The second-order valence-corrected chi connectivity index (χ2v) is 5.56. The number of hydrogen-bond donors (Lipinski definition) is 1. The maximum atomic E-state index is 11.9. The molecule has 0 spiro atoms. The van der Waals surface area contributed by atoms with Crippen molar-refractivity contribution < 1.29 is 28.5 Å². The summed E-state index contributed by atoms with van der Waals surface area (Å²) in [5.74, 6) is 1.66. The van der Waals surface area contributed by atoms with Gasteiger partial charge in [-0.05, 0) is 37.3 Å². The fourth-order valence-electron chi connectivity index (χ4n) is 2.29. The van der Waals surface area contributed by atoms with Crippen molar-refractivity contribution in [1.29, 1.82) is 0 Å². The van der Waals surface area contributed by atoms with E-state index in [9.17, 15) is 9.59 Å². The lowest BCUT2D eigenvalue weighted by molar-refractivity contribution is -0.123. The second kappa shape index (κ2) is 10.1. The molecule has 0 atom stereocenters. The molecule has 0 bridgehead atoms. The molecule has 2 rings (SSSR count). The van der Waals surface area contributed by atoms with Gasteiger partial charge in [-0.3, -0.25) is 9.59 Å². The largest absolute Gasteiger partial charge is 0.493 e. The molecule has 2 aromatic carbocycles. The number of nitrogens with one attached hydrogen (secondary N) is 1. The van der Waals surface area contributed by atoms with Crippen LogP contribution in [-0.2, 0) is 4.79 Å². The van der Waals surface area contributed by atoms with E-state index in [1.165, 1.54) is 14.0 Å². The highest BCUT2D eigenvalue weighted by molar-refractivity contribution is 5.94. The predicted molar refractivity (Wildman–Crippen MR) is 100.0 cm³/mol. The maximum Gasteiger partial charge on any atom is 0.258 e. The number of ether oxygens (including phenoxy) is 4. The summed E-state index contributed by atoms with van der Waals surface area (Å²) in [6, 6.07) is 12.1. The number of carbonyl (C=O) groups is 2. The summed E-state index contributed by atoms with van der Waals surface area (Å²) in [5, 5.41) is 2.70. The number of hydrogen-bond acceptors (Lipinski definition) is 6. The minimum atomic E-state index is -0.295. The van der Waals surface area contributed by atoms with Gasteiger partial charge >= 0.3 is 0 Å². The Balaban J connectivity index is 1.77. The van der Waals surface area contributed by atoms with Gasteiger partial charge in [-0.2, -0.15) is 0 Å². The molecule has 7 nitrogen and oxygen atoms in total. The summed E-state index contributed by atoms with van der Waals surface area (Å²) in [6.45, 7) is 1.91. The van der Waals surface area contributed by atoms with Gasteiger partial charge in [0.05, 0.1) is 20.8 Å². The van der Waals surface area contributed by atoms with E-state index in [-0.39, 0.29) is 18.3 Å². The lowest BCUT2D eigenvalue weighted by atomic mass is 10.1. The van der Waals surface area contributed by atoms with Gasteiger partial charge in [-0.15, -0.1) is 0 Å². The first-order valence-corrected chi connectivity index (χ1v) is 8.39. The Kier molecular flexibility index (Phi) is 7.49. The molecule has 0 radical (unpaired) electrons. The minimum Gasteiger partial charge on any atom is -0.493 e. The van der Waals surface area contributed by atoms with Gasteiger partial charge in [0.2, 0.25) is 0 Å². The molecule has 2 aromatic rings. The Bertz CT molecular complexity index is 790. The van der Waals surface area contributed by atoms with E-state index in [1.54, 1.807) is 37.4 Å². The van der Waals surface area contributed by atoms with E-state index in [2.05, 4.69) is 5.32 Å². The van der Waals surface area contributed by atoms with Crippen molar-refractivity contribution in [2.45, 2.75) is 6.92 Å². The maximum absolute atomic E-state index is 11.9. The molecule has 1 amide bonds. The number of benzene rings is 2. The third-order valence-corrected chi connectivity index (χ3v) is 3.68. The van der Waals surface area contributed by atoms with Gasteiger partial charge < -0.3 is 24.3 Å². The molecular formula is C20H23NO6. The van der Waals surface area contributed by atoms with Gasteiger partial charge in [-0.1, -0.05) is 12.1 Å². The molecule has 0 aromatic heterocycles. The summed E-state index contributed by atoms with van der Waals surface area (Å²) in [6.07, 6.45) is 0. The zero-order valence-corrected chi connectivity index (χ0v) is 15.6. The van der Waals surface area contributed by atoms with E-state index in [4.69, 9.17) is 18.9 Å². The number of amides is 1. The summed E-state index contributed by atoms with van der Waals surface area (Å²) in [5.41, 5.74) is 0.511. The topological polar surface area (TPSA) is 83.1 Å². The van der Waals surface area contributed by atoms with E-state index >= 15 is 0 Å². The molecule has 144 valence electrons. The molecule has 0 aliphatic carbocycles. The fourth-order valence-corrected chi connectivity index (χ4v) is 2.29. The quantitative estimate of drug-likeness (QED) is 0.509. The first-order valence-electron chi connectivity index (χ1n) is 8.39. The molecule has 0 heterocycles. The zero-order valence-electron chi connectivity index (χ0n) is 15.6. The van der Waals surface area contributed by atoms with Crippen molar-refractivity contribution in [2.75, 3.05) is 34.0 Å². The predicted octanol–water partition coefficient (Wildman–Crippen LogP) is 2.48. The number of para-hydroxylation sites is 2. The van der Waals surface area contributed by atoms with Crippen molar-refractivity contribution in [3.05, 3.63) is 48.0 Å². The summed E-state index contributed by atoms with van der Waals surface area (Å²) in [7, 11) is 3.04. The van der Waals surface area contributed by atoms with Crippen molar-refractivity contribution in [1.82, 2.24) is 5.32 Å². The molecule has 27 heavy (non-hydrogen) atoms. The normalized spacial score (nSPS) is 10.0. The Labute approximate surface area is 158 Å². The number of rotatable bonds is 10. The van der Waals surface area contributed by atoms with Gasteiger partial charge in [0.1, 0.15) is 6.61 Å². The molecule has 0 unspecified atom stereocenters. The average Bonchev–Trinajstić information content (AvgIpc) is 2.69. The lowest BCUT2D eigenvalue weighted by Crippen LogP contribution is -2.32.